The highest BCUT2D eigenvalue weighted by molar-refractivity contribution is 9.11. The number of nitrogens with one attached hydrogen (secondary N) is 1. The van der Waals surface area contributed by atoms with Gasteiger partial charge in [-0.3, -0.25) is 0 Å². The highest BCUT2D eigenvalue weighted by atomic mass is 79.9. The summed E-state index contributed by atoms with van der Waals surface area (Å²) < 4.78 is 1.43. The molecule has 0 fully saturated rings. The van der Waals surface area contributed by atoms with Gasteiger partial charge in [0.05, 0.1) is 11.3 Å². The highest BCUT2D eigenvalue weighted by Crippen LogP contribution is 2.29. The number of anilines is 3. The first-order chi connectivity index (χ1) is 8.61. The Morgan fingerprint density at radius 2 is 2.06 bits per heavy atom. The van der Waals surface area contributed by atoms with E-state index in [0.29, 0.717) is 27.4 Å². The fourth-order valence-corrected chi connectivity index (χ4v) is 1.98. The smallest absolute Gasteiger partial charge is 0.150 e. The number of hydrogen-bond donors (Lipinski definition) is 2. The summed E-state index contributed by atoms with van der Waals surface area (Å²) in [6, 6.07) is 7.41. The minimum atomic E-state index is 0.334. The van der Waals surface area contributed by atoms with E-state index in [1.54, 1.807) is 18.2 Å². The zero-order chi connectivity index (χ0) is 13.1. The number of halogens is 2. The second-order valence-corrected chi connectivity index (χ2v) is 5.06. The molecule has 2 rings (SSSR count). The van der Waals surface area contributed by atoms with E-state index in [2.05, 4.69) is 53.2 Å². The van der Waals surface area contributed by atoms with Crippen LogP contribution in [0.4, 0.5) is 17.3 Å². The van der Waals surface area contributed by atoms with Crippen LogP contribution in [0.25, 0.3) is 0 Å². The molecule has 7 heteroatoms. The number of nitrogens with zero attached hydrogens (tertiary/aromatic N) is 3. The molecular weight excluding hydrogens is 362 g/mol. The monoisotopic (exact) mass is 367 g/mol. The van der Waals surface area contributed by atoms with E-state index in [4.69, 9.17) is 11.0 Å². The van der Waals surface area contributed by atoms with E-state index in [1.807, 2.05) is 0 Å². The first-order valence-electron chi connectivity index (χ1n) is 4.84. The maximum absolute atomic E-state index is 9.04. The predicted octanol–water partition coefficient (Wildman–Crippen LogP) is 3.20. The van der Waals surface area contributed by atoms with Crippen molar-refractivity contribution in [1.82, 2.24) is 9.97 Å². The van der Waals surface area contributed by atoms with Crippen molar-refractivity contribution >= 4 is 49.2 Å². The van der Waals surface area contributed by atoms with E-state index in [0.717, 1.165) is 4.47 Å². The van der Waals surface area contributed by atoms with Crippen molar-refractivity contribution in [3.63, 3.8) is 0 Å². The van der Waals surface area contributed by atoms with Gasteiger partial charge in [-0.1, -0.05) is 15.9 Å². The second kappa shape index (κ2) is 5.33. The molecular formula is C11H7Br2N5. The third-order valence-corrected chi connectivity index (χ3v) is 3.45. The summed E-state index contributed by atoms with van der Waals surface area (Å²) in [6.45, 7) is 0. The Morgan fingerprint density at radius 1 is 1.28 bits per heavy atom. The maximum Gasteiger partial charge on any atom is 0.150 e. The maximum atomic E-state index is 9.04. The Kier molecular flexibility index (Phi) is 3.79. The largest absolute Gasteiger partial charge is 0.383 e. The predicted molar refractivity (Wildman–Crippen MR) is 76.3 cm³/mol. The van der Waals surface area contributed by atoms with Crippen molar-refractivity contribution in [2.45, 2.75) is 0 Å². The molecule has 0 saturated heterocycles. The van der Waals surface area contributed by atoms with Crippen LogP contribution in [0, 0.1) is 11.3 Å². The number of rotatable bonds is 2. The molecule has 0 radical (unpaired) electrons. The molecule has 1 aromatic carbocycles. The molecule has 0 amide bonds. The van der Waals surface area contributed by atoms with E-state index >= 15 is 0 Å². The highest BCUT2D eigenvalue weighted by Gasteiger charge is 2.09. The molecule has 1 aromatic heterocycles. The zero-order valence-corrected chi connectivity index (χ0v) is 12.2. The van der Waals surface area contributed by atoms with Gasteiger partial charge in [-0.15, -0.1) is 0 Å². The number of aromatic nitrogens is 2. The SMILES string of the molecule is N#Cc1ccc(Br)cc1Nc1ncnc(N)c1Br. The van der Waals surface area contributed by atoms with E-state index < -0.39 is 0 Å². The summed E-state index contributed by atoms with van der Waals surface area (Å²) >= 11 is 6.65. The first kappa shape index (κ1) is 12.8. The number of nitrogens with two attached hydrogens (primary N) is 1. The van der Waals surface area contributed by atoms with Crippen LogP contribution in [0.2, 0.25) is 0 Å². The minimum Gasteiger partial charge on any atom is -0.383 e. The standard InChI is InChI=1S/C11H7Br2N5/c12-7-2-1-6(4-14)8(3-7)18-11-9(13)10(15)16-5-17-11/h1-3,5H,(H3,15,16,17,18). The number of nitrogen functional groups attached to an aromatic ring is 1. The van der Waals surface area contributed by atoms with E-state index in [1.165, 1.54) is 6.33 Å². The van der Waals surface area contributed by atoms with Gasteiger partial charge in [-0.2, -0.15) is 5.26 Å². The Balaban J connectivity index is 2.43. The van der Waals surface area contributed by atoms with Crippen LogP contribution in [-0.2, 0) is 0 Å². The normalized spacial score (nSPS) is 9.83. The molecule has 18 heavy (non-hydrogen) atoms. The molecule has 0 unspecified atom stereocenters. The van der Waals surface area contributed by atoms with Crippen molar-refractivity contribution in [3.8, 4) is 6.07 Å². The van der Waals surface area contributed by atoms with Crippen LogP contribution in [0.15, 0.2) is 33.5 Å². The lowest BCUT2D eigenvalue weighted by Crippen LogP contribution is -2.01. The van der Waals surface area contributed by atoms with E-state index in [-0.39, 0.29) is 0 Å². The summed E-state index contributed by atoms with van der Waals surface area (Å²) in [4.78, 5) is 7.91. The number of hydrogen-bond acceptors (Lipinski definition) is 5. The molecule has 5 nitrogen and oxygen atoms in total. The lowest BCUT2D eigenvalue weighted by atomic mass is 10.2. The molecule has 0 atom stereocenters. The molecule has 3 N–H and O–H groups in total. The molecule has 0 spiro atoms. The van der Waals surface area contributed by atoms with Crippen LogP contribution in [-0.4, -0.2) is 9.97 Å². The Bertz CT molecular complexity index is 636. The Hall–Kier alpha value is -1.65. The zero-order valence-electron chi connectivity index (χ0n) is 8.98. The van der Waals surface area contributed by atoms with Gasteiger partial charge in [0.15, 0.2) is 0 Å². The third kappa shape index (κ3) is 2.60. The molecule has 0 saturated carbocycles. The number of benzene rings is 1. The quantitative estimate of drug-likeness (QED) is 0.849. The van der Waals surface area contributed by atoms with Crippen LogP contribution in [0.3, 0.4) is 0 Å². The summed E-state index contributed by atoms with van der Waals surface area (Å²) in [7, 11) is 0. The van der Waals surface area contributed by atoms with Crippen LogP contribution < -0.4 is 11.1 Å². The van der Waals surface area contributed by atoms with Gasteiger partial charge in [-0.05, 0) is 34.1 Å². The van der Waals surface area contributed by atoms with Crippen LogP contribution >= 0.6 is 31.9 Å². The lowest BCUT2D eigenvalue weighted by molar-refractivity contribution is 1.16. The van der Waals surface area contributed by atoms with Crippen molar-refractivity contribution < 1.29 is 0 Å². The van der Waals surface area contributed by atoms with Crippen molar-refractivity contribution in [2.75, 3.05) is 11.1 Å². The van der Waals surface area contributed by atoms with Gasteiger partial charge in [0.2, 0.25) is 0 Å². The van der Waals surface area contributed by atoms with Gasteiger partial charge >= 0.3 is 0 Å². The van der Waals surface area contributed by atoms with Gasteiger partial charge < -0.3 is 11.1 Å². The summed E-state index contributed by atoms with van der Waals surface area (Å²) in [5.41, 5.74) is 6.82. The molecule has 0 bridgehead atoms. The Morgan fingerprint density at radius 3 is 2.78 bits per heavy atom. The van der Waals surface area contributed by atoms with Gasteiger partial charge in [0, 0.05) is 4.47 Å². The van der Waals surface area contributed by atoms with Gasteiger partial charge in [0.25, 0.3) is 0 Å². The molecule has 90 valence electrons. The fraction of sp³-hybridized carbons (Fsp3) is 0. The Labute approximate surface area is 120 Å². The second-order valence-electron chi connectivity index (χ2n) is 3.35. The minimum absolute atomic E-state index is 0.334. The molecule has 2 aromatic rings. The molecule has 0 aliphatic heterocycles. The average Bonchev–Trinajstić information content (AvgIpc) is 2.35. The van der Waals surface area contributed by atoms with Crippen molar-refractivity contribution in [3.05, 3.63) is 39.0 Å². The molecule has 1 heterocycles. The topological polar surface area (TPSA) is 87.6 Å². The lowest BCUT2D eigenvalue weighted by Gasteiger charge is -2.10. The summed E-state index contributed by atoms with van der Waals surface area (Å²) in [6.07, 6.45) is 1.35. The summed E-state index contributed by atoms with van der Waals surface area (Å²) in [5.74, 6) is 0.845. The molecule has 0 aliphatic carbocycles. The average molecular weight is 369 g/mol. The van der Waals surface area contributed by atoms with E-state index in [9.17, 15) is 0 Å². The van der Waals surface area contributed by atoms with Gasteiger partial charge in [0.1, 0.15) is 28.5 Å². The molecule has 0 aliphatic rings. The third-order valence-electron chi connectivity index (χ3n) is 2.17. The van der Waals surface area contributed by atoms with Gasteiger partial charge in [-0.25, -0.2) is 9.97 Å². The van der Waals surface area contributed by atoms with Crippen LogP contribution in [0.1, 0.15) is 5.56 Å². The van der Waals surface area contributed by atoms with Crippen LogP contribution in [0.5, 0.6) is 0 Å². The summed E-state index contributed by atoms with van der Waals surface area (Å²) in [5, 5.41) is 12.1. The first-order valence-corrected chi connectivity index (χ1v) is 6.43. The van der Waals surface area contributed by atoms with Crippen molar-refractivity contribution in [1.29, 1.82) is 5.26 Å². The number of nitriles is 1. The van der Waals surface area contributed by atoms with Crippen molar-refractivity contribution in [2.24, 2.45) is 0 Å². The fourth-order valence-electron chi connectivity index (χ4n) is 1.32.